The minimum Gasteiger partial charge on any atom is -0.378 e. The van der Waals surface area contributed by atoms with E-state index in [1.807, 2.05) is 47.1 Å². The number of imidazole rings is 1. The second-order valence-electron chi connectivity index (χ2n) is 6.64. The van der Waals surface area contributed by atoms with Crippen molar-refractivity contribution in [2.24, 2.45) is 0 Å². The zero-order valence-corrected chi connectivity index (χ0v) is 15.7. The highest BCUT2D eigenvalue weighted by atomic mass is 16.5. The lowest BCUT2D eigenvalue weighted by molar-refractivity contribution is 0.122. The zero-order chi connectivity index (χ0) is 19.2. The van der Waals surface area contributed by atoms with Crippen molar-refractivity contribution in [2.45, 2.75) is 13.0 Å². The van der Waals surface area contributed by atoms with Gasteiger partial charge in [-0.3, -0.25) is 0 Å². The number of nitrogens with one attached hydrogen (secondary N) is 2. The number of hydrogen-bond donors (Lipinski definition) is 2. The van der Waals surface area contributed by atoms with Gasteiger partial charge in [-0.1, -0.05) is 12.1 Å². The number of fused-ring (bicyclic) bond motifs is 1. The highest BCUT2D eigenvalue weighted by Gasteiger charge is 2.16. The summed E-state index contributed by atoms with van der Waals surface area (Å²) in [6, 6.07) is 9.58. The first kappa shape index (κ1) is 18.2. The van der Waals surface area contributed by atoms with Gasteiger partial charge in [-0.2, -0.15) is 0 Å². The van der Waals surface area contributed by atoms with Crippen LogP contribution in [0.1, 0.15) is 11.3 Å². The predicted octanol–water partition coefficient (Wildman–Crippen LogP) is 1.61. The Bertz CT molecular complexity index is 902. The van der Waals surface area contributed by atoms with Crippen molar-refractivity contribution >= 4 is 17.5 Å². The number of rotatable bonds is 6. The summed E-state index contributed by atoms with van der Waals surface area (Å²) in [5.41, 5.74) is 2.86. The van der Waals surface area contributed by atoms with Crippen LogP contribution in [0.4, 0.5) is 10.6 Å². The fraction of sp³-hybridized carbons (Fsp3) is 0.350. The normalized spacial score (nSPS) is 14.2. The SMILES string of the molecule is O=C(NCCc1cn2ccccc2n1)NCc1cccnc1N1CCOCC1. The number of ether oxygens (including phenoxy) is 1. The Labute approximate surface area is 163 Å². The molecule has 3 aromatic rings. The van der Waals surface area contributed by atoms with E-state index < -0.39 is 0 Å². The predicted molar refractivity (Wildman–Crippen MR) is 106 cm³/mol. The summed E-state index contributed by atoms with van der Waals surface area (Å²) >= 11 is 0. The first-order chi connectivity index (χ1) is 13.8. The number of hydrogen-bond acceptors (Lipinski definition) is 5. The van der Waals surface area contributed by atoms with E-state index in [0.29, 0.717) is 32.7 Å². The lowest BCUT2D eigenvalue weighted by Crippen LogP contribution is -2.39. The maximum absolute atomic E-state index is 12.2. The zero-order valence-electron chi connectivity index (χ0n) is 15.7. The standard InChI is InChI=1S/C20H24N6O2/c27-20(22-8-6-17-15-26-9-2-1-5-18(26)24-17)23-14-16-4-3-7-21-19(16)25-10-12-28-13-11-25/h1-5,7,9,15H,6,8,10-14H2,(H2,22,23,27). The molecule has 146 valence electrons. The van der Waals surface area contributed by atoms with Crippen LogP contribution in [0.25, 0.3) is 5.65 Å². The van der Waals surface area contributed by atoms with Crippen LogP contribution in [0.15, 0.2) is 48.9 Å². The fourth-order valence-corrected chi connectivity index (χ4v) is 3.28. The van der Waals surface area contributed by atoms with Crippen molar-refractivity contribution in [3.63, 3.8) is 0 Å². The molecular formula is C20H24N6O2. The smallest absolute Gasteiger partial charge is 0.315 e. The molecule has 2 N–H and O–H groups in total. The average Bonchev–Trinajstić information content (AvgIpc) is 3.16. The number of pyridine rings is 2. The van der Waals surface area contributed by atoms with Crippen LogP contribution in [0.5, 0.6) is 0 Å². The molecule has 0 unspecified atom stereocenters. The monoisotopic (exact) mass is 380 g/mol. The Balaban J connectivity index is 1.26. The number of carbonyl (C=O) groups excluding carboxylic acids is 1. The Kier molecular flexibility index (Phi) is 5.67. The van der Waals surface area contributed by atoms with Gasteiger partial charge in [-0.05, 0) is 18.2 Å². The molecule has 0 atom stereocenters. The summed E-state index contributed by atoms with van der Waals surface area (Å²) in [5, 5.41) is 5.81. The van der Waals surface area contributed by atoms with Crippen molar-refractivity contribution in [1.82, 2.24) is 25.0 Å². The Morgan fingerprint density at radius 3 is 2.89 bits per heavy atom. The quantitative estimate of drug-likeness (QED) is 0.679. The van der Waals surface area contributed by atoms with E-state index in [4.69, 9.17) is 4.74 Å². The first-order valence-electron chi connectivity index (χ1n) is 9.50. The van der Waals surface area contributed by atoms with Gasteiger partial charge in [0.15, 0.2) is 0 Å². The van der Waals surface area contributed by atoms with Crippen LogP contribution >= 0.6 is 0 Å². The summed E-state index contributed by atoms with van der Waals surface area (Å²) in [6.45, 7) is 3.99. The van der Waals surface area contributed by atoms with Crippen LogP contribution < -0.4 is 15.5 Å². The van der Waals surface area contributed by atoms with Crippen LogP contribution in [-0.4, -0.2) is 53.2 Å². The molecule has 2 amide bonds. The van der Waals surface area contributed by atoms with Gasteiger partial charge in [0.1, 0.15) is 11.5 Å². The van der Waals surface area contributed by atoms with Crippen molar-refractivity contribution in [3.05, 3.63) is 60.2 Å². The molecule has 1 fully saturated rings. The lowest BCUT2D eigenvalue weighted by Gasteiger charge is -2.29. The Hall–Kier alpha value is -3.13. The topological polar surface area (TPSA) is 83.8 Å². The molecule has 0 bridgehead atoms. The van der Waals surface area contributed by atoms with E-state index >= 15 is 0 Å². The maximum atomic E-state index is 12.2. The van der Waals surface area contributed by atoms with Crippen LogP contribution in [0.2, 0.25) is 0 Å². The summed E-state index contributed by atoms with van der Waals surface area (Å²) in [7, 11) is 0. The maximum Gasteiger partial charge on any atom is 0.315 e. The summed E-state index contributed by atoms with van der Waals surface area (Å²) in [5.74, 6) is 0.913. The summed E-state index contributed by atoms with van der Waals surface area (Å²) in [6.07, 6.45) is 6.41. The third-order valence-electron chi connectivity index (χ3n) is 4.70. The first-order valence-corrected chi connectivity index (χ1v) is 9.50. The highest BCUT2D eigenvalue weighted by molar-refractivity contribution is 5.74. The minimum atomic E-state index is -0.194. The third kappa shape index (κ3) is 4.40. The van der Waals surface area contributed by atoms with Gasteiger partial charge < -0.3 is 24.7 Å². The molecule has 28 heavy (non-hydrogen) atoms. The van der Waals surface area contributed by atoms with E-state index in [1.54, 1.807) is 6.20 Å². The van der Waals surface area contributed by atoms with Gasteiger partial charge in [0.2, 0.25) is 0 Å². The summed E-state index contributed by atoms with van der Waals surface area (Å²) in [4.78, 5) is 23.4. The van der Waals surface area contributed by atoms with Crippen LogP contribution in [0.3, 0.4) is 0 Å². The van der Waals surface area contributed by atoms with E-state index in [2.05, 4.69) is 25.5 Å². The molecule has 1 aliphatic heterocycles. The Morgan fingerprint density at radius 2 is 2.04 bits per heavy atom. The molecule has 0 spiro atoms. The minimum absolute atomic E-state index is 0.194. The molecule has 4 heterocycles. The molecule has 1 aliphatic rings. The second kappa shape index (κ2) is 8.71. The molecule has 4 rings (SSSR count). The van der Waals surface area contributed by atoms with E-state index in [-0.39, 0.29) is 6.03 Å². The van der Waals surface area contributed by atoms with Crippen LogP contribution in [0, 0.1) is 0 Å². The number of anilines is 1. The lowest BCUT2D eigenvalue weighted by atomic mass is 10.2. The van der Waals surface area contributed by atoms with Crippen molar-refractivity contribution in [1.29, 1.82) is 0 Å². The van der Waals surface area contributed by atoms with Crippen LogP contribution in [-0.2, 0) is 17.7 Å². The molecule has 0 saturated carbocycles. The average molecular weight is 380 g/mol. The third-order valence-corrected chi connectivity index (χ3v) is 4.70. The van der Waals surface area contributed by atoms with E-state index in [9.17, 15) is 4.79 Å². The number of carbonyl (C=O) groups is 1. The molecule has 1 saturated heterocycles. The van der Waals surface area contributed by atoms with Gasteiger partial charge in [0.05, 0.1) is 18.9 Å². The van der Waals surface area contributed by atoms with E-state index in [0.717, 1.165) is 35.8 Å². The number of amides is 2. The molecule has 8 heteroatoms. The van der Waals surface area contributed by atoms with Gasteiger partial charge in [0.25, 0.3) is 0 Å². The molecule has 8 nitrogen and oxygen atoms in total. The van der Waals surface area contributed by atoms with Gasteiger partial charge in [0, 0.05) is 56.8 Å². The van der Waals surface area contributed by atoms with Crippen molar-refractivity contribution in [2.75, 3.05) is 37.7 Å². The number of morpholine rings is 1. The molecule has 0 radical (unpaired) electrons. The summed E-state index contributed by atoms with van der Waals surface area (Å²) < 4.78 is 7.38. The molecular weight excluding hydrogens is 356 g/mol. The highest BCUT2D eigenvalue weighted by Crippen LogP contribution is 2.18. The molecule has 0 aromatic carbocycles. The van der Waals surface area contributed by atoms with Crippen molar-refractivity contribution < 1.29 is 9.53 Å². The number of urea groups is 1. The van der Waals surface area contributed by atoms with Crippen molar-refractivity contribution in [3.8, 4) is 0 Å². The Morgan fingerprint density at radius 1 is 1.14 bits per heavy atom. The van der Waals surface area contributed by atoms with Gasteiger partial charge in [-0.15, -0.1) is 0 Å². The molecule has 0 aliphatic carbocycles. The number of aromatic nitrogens is 3. The largest absolute Gasteiger partial charge is 0.378 e. The fourth-order valence-electron chi connectivity index (χ4n) is 3.28. The second-order valence-corrected chi connectivity index (χ2v) is 6.64. The van der Waals surface area contributed by atoms with Gasteiger partial charge in [-0.25, -0.2) is 14.8 Å². The van der Waals surface area contributed by atoms with Gasteiger partial charge >= 0.3 is 6.03 Å². The van der Waals surface area contributed by atoms with E-state index in [1.165, 1.54) is 0 Å². The number of nitrogens with zero attached hydrogens (tertiary/aromatic N) is 4. The molecule has 3 aromatic heterocycles.